The molecule has 0 atom stereocenters. The number of nitriles is 1. The van der Waals surface area contributed by atoms with E-state index in [-0.39, 0.29) is 18.7 Å². The maximum atomic E-state index is 11.6. The number of nitrogens with two attached hydrogens (primary N) is 1. The molecule has 6 nitrogen and oxygen atoms in total. The van der Waals surface area contributed by atoms with Gasteiger partial charge in [0.25, 0.3) is 0 Å². The number of thiophene rings is 1. The van der Waals surface area contributed by atoms with Crippen LogP contribution in [0, 0.1) is 18.3 Å². The normalized spacial score (nSPS) is 9.67. The van der Waals surface area contributed by atoms with Crippen molar-refractivity contribution in [3.8, 4) is 6.07 Å². The lowest BCUT2D eigenvalue weighted by atomic mass is 10.2. The number of rotatable bonds is 4. The van der Waals surface area contributed by atoms with Crippen LogP contribution in [0.3, 0.4) is 0 Å². The summed E-state index contributed by atoms with van der Waals surface area (Å²) in [5, 5.41) is 11.9. The van der Waals surface area contributed by atoms with E-state index in [1.165, 1.54) is 0 Å². The highest BCUT2D eigenvalue weighted by Gasteiger charge is 2.21. The Labute approximate surface area is 108 Å². The van der Waals surface area contributed by atoms with Crippen molar-refractivity contribution in [2.45, 2.75) is 13.8 Å². The summed E-state index contributed by atoms with van der Waals surface area (Å²) in [6.07, 6.45) is 0. The zero-order valence-electron chi connectivity index (χ0n) is 10.1. The molecule has 0 saturated carbocycles. The number of carbonyl (C=O) groups is 2. The highest BCUT2D eigenvalue weighted by molar-refractivity contribution is 7.18. The Bertz CT molecular complexity index is 516. The Balaban J connectivity index is 3.14. The van der Waals surface area contributed by atoms with E-state index in [0.29, 0.717) is 15.4 Å². The third-order valence-corrected chi connectivity index (χ3v) is 3.35. The highest BCUT2D eigenvalue weighted by atomic mass is 32.1. The summed E-state index contributed by atoms with van der Waals surface area (Å²) >= 11 is 1.02. The molecule has 0 aliphatic rings. The SMILES string of the molecule is CCOC(=O)c1sc(NC(=O)CN)c(C#N)c1C. The van der Waals surface area contributed by atoms with Gasteiger partial charge in [0.15, 0.2) is 0 Å². The molecule has 1 rings (SSSR count). The minimum atomic E-state index is -0.496. The van der Waals surface area contributed by atoms with Crippen molar-refractivity contribution >= 4 is 28.2 Å². The lowest BCUT2D eigenvalue weighted by Gasteiger charge is -1.99. The smallest absolute Gasteiger partial charge is 0.348 e. The number of nitrogens with zero attached hydrogens (tertiary/aromatic N) is 1. The van der Waals surface area contributed by atoms with E-state index >= 15 is 0 Å². The van der Waals surface area contributed by atoms with Gasteiger partial charge < -0.3 is 15.8 Å². The molecule has 7 heteroatoms. The van der Waals surface area contributed by atoms with Gasteiger partial charge in [0.2, 0.25) is 5.91 Å². The number of esters is 1. The van der Waals surface area contributed by atoms with Crippen molar-refractivity contribution < 1.29 is 14.3 Å². The van der Waals surface area contributed by atoms with Gasteiger partial charge in [-0.2, -0.15) is 5.26 Å². The molecular formula is C11H13N3O3S. The first-order valence-corrected chi connectivity index (χ1v) is 6.07. The minimum Gasteiger partial charge on any atom is -0.462 e. The van der Waals surface area contributed by atoms with Crippen LogP contribution in [-0.4, -0.2) is 25.0 Å². The van der Waals surface area contributed by atoms with Crippen molar-refractivity contribution in [1.29, 1.82) is 5.26 Å². The third kappa shape index (κ3) is 2.85. The molecule has 0 aromatic carbocycles. The van der Waals surface area contributed by atoms with Crippen LogP contribution < -0.4 is 11.1 Å². The summed E-state index contributed by atoms with van der Waals surface area (Å²) in [5.41, 5.74) is 5.96. The highest BCUT2D eigenvalue weighted by Crippen LogP contribution is 2.32. The molecule has 96 valence electrons. The van der Waals surface area contributed by atoms with Gasteiger partial charge in [-0.05, 0) is 19.4 Å². The fourth-order valence-corrected chi connectivity index (χ4v) is 2.37. The van der Waals surface area contributed by atoms with Gasteiger partial charge >= 0.3 is 5.97 Å². The molecule has 1 amide bonds. The lowest BCUT2D eigenvalue weighted by Crippen LogP contribution is -2.21. The van der Waals surface area contributed by atoms with Gasteiger partial charge in [0, 0.05) is 0 Å². The van der Waals surface area contributed by atoms with Crippen LogP contribution in [0.2, 0.25) is 0 Å². The Morgan fingerprint density at radius 3 is 2.72 bits per heavy atom. The van der Waals surface area contributed by atoms with Crippen molar-refractivity contribution in [3.63, 3.8) is 0 Å². The number of ether oxygens (including phenoxy) is 1. The molecule has 0 aliphatic heterocycles. The lowest BCUT2D eigenvalue weighted by molar-refractivity contribution is -0.114. The summed E-state index contributed by atoms with van der Waals surface area (Å²) in [4.78, 5) is 23.2. The standard InChI is InChI=1S/C11H13N3O3S/c1-3-17-11(16)9-6(2)7(4-12)10(18-9)14-8(15)5-13/h3,5,13H2,1-2H3,(H,14,15). The summed E-state index contributed by atoms with van der Waals surface area (Å²) in [5.74, 6) is -0.909. The topological polar surface area (TPSA) is 105 Å². The fraction of sp³-hybridized carbons (Fsp3) is 0.364. The molecule has 0 saturated heterocycles. The second kappa shape index (κ2) is 6.14. The number of nitrogens with one attached hydrogen (secondary N) is 1. The monoisotopic (exact) mass is 267 g/mol. The molecule has 0 bridgehead atoms. The zero-order chi connectivity index (χ0) is 13.7. The maximum Gasteiger partial charge on any atom is 0.348 e. The Morgan fingerprint density at radius 2 is 2.22 bits per heavy atom. The van der Waals surface area contributed by atoms with Crippen molar-refractivity contribution in [1.82, 2.24) is 0 Å². The molecule has 0 unspecified atom stereocenters. The largest absolute Gasteiger partial charge is 0.462 e. The Kier molecular flexibility index (Phi) is 4.83. The summed E-state index contributed by atoms with van der Waals surface area (Å²) in [6.45, 7) is 3.40. The van der Waals surface area contributed by atoms with E-state index < -0.39 is 11.9 Å². The summed E-state index contributed by atoms with van der Waals surface area (Å²) in [7, 11) is 0. The molecule has 0 spiro atoms. The van der Waals surface area contributed by atoms with Gasteiger partial charge in [0.05, 0.1) is 18.7 Å². The molecule has 18 heavy (non-hydrogen) atoms. The zero-order valence-corrected chi connectivity index (χ0v) is 10.9. The van der Waals surface area contributed by atoms with Crippen molar-refractivity contribution in [3.05, 3.63) is 16.0 Å². The first kappa shape index (κ1) is 14.2. The molecule has 1 heterocycles. The van der Waals surface area contributed by atoms with Crippen LogP contribution in [0.1, 0.15) is 27.7 Å². The average molecular weight is 267 g/mol. The second-order valence-electron chi connectivity index (χ2n) is 3.34. The fourth-order valence-electron chi connectivity index (χ4n) is 1.31. The average Bonchev–Trinajstić information content (AvgIpc) is 2.65. The van der Waals surface area contributed by atoms with Crippen LogP contribution in [0.25, 0.3) is 0 Å². The van der Waals surface area contributed by atoms with E-state index in [1.807, 2.05) is 6.07 Å². The third-order valence-electron chi connectivity index (χ3n) is 2.16. The van der Waals surface area contributed by atoms with E-state index in [9.17, 15) is 9.59 Å². The van der Waals surface area contributed by atoms with Crippen LogP contribution in [0.15, 0.2) is 0 Å². The molecule has 1 aromatic rings. The number of amides is 1. The number of anilines is 1. The van der Waals surface area contributed by atoms with Crippen LogP contribution >= 0.6 is 11.3 Å². The Hall–Kier alpha value is -1.91. The predicted octanol–water partition coefficient (Wildman–Crippen LogP) is 1.00. The van der Waals surface area contributed by atoms with Crippen LogP contribution in [-0.2, 0) is 9.53 Å². The number of hydrogen-bond donors (Lipinski definition) is 2. The van der Waals surface area contributed by atoms with Gasteiger partial charge in [-0.25, -0.2) is 4.79 Å². The van der Waals surface area contributed by atoms with Gasteiger partial charge in [-0.15, -0.1) is 11.3 Å². The van der Waals surface area contributed by atoms with E-state index in [2.05, 4.69) is 5.32 Å². The maximum absolute atomic E-state index is 11.6. The molecule has 3 N–H and O–H groups in total. The first-order valence-electron chi connectivity index (χ1n) is 5.25. The van der Waals surface area contributed by atoms with E-state index in [1.54, 1.807) is 13.8 Å². The van der Waals surface area contributed by atoms with Gasteiger partial charge in [0.1, 0.15) is 15.9 Å². The second-order valence-corrected chi connectivity index (χ2v) is 4.37. The van der Waals surface area contributed by atoms with Crippen molar-refractivity contribution in [2.75, 3.05) is 18.5 Å². The van der Waals surface area contributed by atoms with Gasteiger partial charge in [-0.3, -0.25) is 4.79 Å². The molecule has 1 aromatic heterocycles. The van der Waals surface area contributed by atoms with Crippen molar-refractivity contribution in [2.24, 2.45) is 5.73 Å². The van der Waals surface area contributed by atoms with Crippen LogP contribution in [0.4, 0.5) is 5.00 Å². The number of carbonyl (C=O) groups excluding carboxylic acids is 2. The first-order chi connectivity index (χ1) is 8.54. The quantitative estimate of drug-likeness (QED) is 0.792. The van der Waals surface area contributed by atoms with E-state index in [4.69, 9.17) is 15.7 Å². The minimum absolute atomic E-state index is 0.184. The van der Waals surface area contributed by atoms with E-state index in [0.717, 1.165) is 11.3 Å². The molecular weight excluding hydrogens is 254 g/mol. The van der Waals surface area contributed by atoms with Crippen LogP contribution in [0.5, 0.6) is 0 Å². The summed E-state index contributed by atoms with van der Waals surface area (Å²) in [6, 6.07) is 1.96. The predicted molar refractivity (Wildman–Crippen MR) is 67.4 cm³/mol. The number of hydrogen-bond acceptors (Lipinski definition) is 6. The van der Waals surface area contributed by atoms with Gasteiger partial charge in [-0.1, -0.05) is 0 Å². The Morgan fingerprint density at radius 1 is 1.56 bits per heavy atom. The molecule has 0 radical (unpaired) electrons. The summed E-state index contributed by atoms with van der Waals surface area (Å²) < 4.78 is 4.88. The molecule has 0 fully saturated rings. The molecule has 0 aliphatic carbocycles.